The average molecular weight is 409 g/mol. The molecule has 5 aromatic rings. The van der Waals surface area contributed by atoms with E-state index in [4.69, 9.17) is 4.74 Å². The van der Waals surface area contributed by atoms with Crippen LogP contribution in [0, 0.1) is 0 Å². The molecule has 1 fully saturated rings. The molecular weight excluding hydrogens is 386 g/mol. The third kappa shape index (κ3) is 3.45. The molecule has 2 aromatic carbocycles. The minimum absolute atomic E-state index is 0.253. The molecule has 0 unspecified atom stereocenters. The maximum atomic E-state index is 6.19. The first-order chi connectivity index (χ1) is 15.3. The summed E-state index contributed by atoms with van der Waals surface area (Å²) in [5.41, 5.74) is 6.17. The fraction of sp³-hybridized carbons (Fsp3) is 0.200. The number of nitrogens with one attached hydrogen (secondary N) is 3. The van der Waals surface area contributed by atoms with Gasteiger partial charge in [-0.3, -0.25) is 10.1 Å². The van der Waals surface area contributed by atoms with Gasteiger partial charge in [-0.05, 0) is 61.8 Å². The predicted octanol–water partition coefficient (Wildman–Crippen LogP) is 4.90. The van der Waals surface area contributed by atoms with Gasteiger partial charge in [-0.15, -0.1) is 0 Å². The number of aromatic amines is 2. The second-order valence-electron chi connectivity index (χ2n) is 8.08. The lowest BCUT2D eigenvalue weighted by molar-refractivity contribution is 0.162. The molecular formula is C25H23N5O. The fourth-order valence-electron chi connectivity index (χ4n) is 4.35. The molecule has 0 amide bonds. The van der Waals surface area contributed by atoms with Crippen molar-refractivity contribution in [2.75, 3.05) is 13.1 Å². The summed E-state index contributed by atoms with van der Waals surface area (Å²) in [6, 6.07) is 18.8. The van der Waals surface area contributed by atoms with Gasteiger partial charge in [-0.25, -0.2) is 0 Å². The maximum Gasteiger partial charge on any atom is 0.138 e. The largest absolute Gasteiger partial charge is 0.489 e. The van der Waals surface area contributed by atoms with Crippen molar-refractivity contribution in [2.45, 2.75) is 18.9 Å². The van der Waals surface area contributed by atoms with Gasteiger partial charge in [0.1, 0.15) is 17.5 Å². The van der Waals surface area contributed by atoms with Crippen LogP contribution in [0.15, 0.2) is 67.0 Å². The van der Waals surface area contributed by atoms with Gasteiger partial charge < -0.3 is 15.0 Å². The zero-order valence-corrected chi connectivity index (χ0v) is 17.1. The van der Waals surface area contributed by atoms with Crippen LogP contribution in [0.2, 0.25) is 0 Å². The van der Waals surface area contributed by atoms with Crippen molar-refractivity contribution in [3.8, 4) is 28.3 Å². The number of nitrogens with zero attached hydrogens (tertiary/aromatic N) is 2. The molecule has 0 radical (unpaired) electrons. The number of piperidine rings is 1. The quantitative estimate of drug-likeness (QED) is 0.394. The summed E-state index contributed by atoms with van der Waals surface area (Å²) in [7, 11) is 0. The van der Waals surface area contributed by atoms with E-state index in [0.29, 0.717) is 0 Å². The highest BCUT2D eigenvalue weighted by atomic mass is 16.5. The summed E-state index contributed by atoms with van der Waals surface area (Å²) < 4.78 is 6.19. The van der Waals surface area contributed by atoms with Crippen LogP contribution in [0.1, 0.15) is 12.8 Å². The summed E-state index contributed by atoms with van der Waals surface area (Å²) in [5.74, 6) is 0.826. The molecule has 1 saturated heterocycles. The molecule has 1 aliphatic heterocycles. The van der Waals surface area contributed by atoms with Crippen LogP contribution in [-0.2, 0) is 0 Å². The Labute approximate surface area is 179 Å². The van der Waals surface area contributed by atoms with E-state index in [1.54, 1.807) is 6.20 Å². The number of hydrogen-bond donors (Lipinski definition) is 3. The monoisotopic (exact) mass is 409 g/mol. The van der Waals surface area contributed by atoms with Gasteiger partial charge in [-0.1, -0.05) is 24.3 Å². The van der Waals surface area contributed by atoms with Crippen molar-refractivity contribution in [1.82, 2.24) is 25.5 Å². The van der Waals surface area contributed by atoms with Crippen LogP contribution in [0.5, 0.6) is 5.75 Å². The third-order valence-corrected chi connectivity index (χ3v) is 5.98. The second-order valence-corrected chi connectivity index (χ2v) is 8.08. The van der Waals surface area contributed by atoms with Crippen molar-refractivity contribution >= 4 is 21.8 Å². The van der Waals surface area contributed by atoms with Crippen LogP contribution in [0.3, 0.4) is 0 Å². The number of aromatic nitrogens is 4. The molecule has 0 spiro atoms. The van der Waals surface area contributed by atoms with E-state index >= 15 is 0 Å². The van der Waals surface area contributed by atoms with Crippen molar-refractivity contribution in [3.63, 3.8) is 0 Å². The Kier molecular flexibility index (Phi) is 4.43. The summed E-state index contributed by atoms with van der Waals surface area (Å²) in [4.78, 5) is 7.92. The Bertz CT molecular complexity index is 1330. The molecule has 0 saturated carbocycles. The summed E-state index contributed by atoms with van der Waals surface area (Å²) in [6.45, 7) is 2.01. The molecule has 6 rings (SSSR count). The zero-order chi connectivity index (χ0) is 20.6. The van der Waals surface area contributed by atoms with Gasteiger partial charge >= 0.3 is 0 Å². The second kappa shape index (κ2) is 7.56. The standard InChI is InChI=1S/C25H23N5O/c1-2-4-22-17(3-1)13-24(28-22)25-21-12-16(5-6-23(21)29-30-25)18-11-20(15-27-14-18)31-19-7-9-26-10-8-19/h1-6,11-15,19,26,28H,7-10H2,(H,29,30). The van der Waals surface area contributed by atoms with Crippen LogP contribution in [0.4, 0.5) is 0 Å². The summed E-state index contributed by atoms with van der Waals surface area (Å²) >= 11 is 0. The van der Waals surface area contributed by atoms with E-state index in [1.165, 1.54) is 5.39 Å². The zero-order valence-electron chi connectivity index (χ0n) is 17.1. The predicted molar refractivity (Wildman–Crippen MR) is 123 cm³/mol. The van der Waals surface area contributed by atoms with E-state index in [9.17, 15) is 0 Å². The van der Waals surface area contributed by atoms with Gasteiger partial charge in [0, 0.05) is 28.0 Å². The van der Waals surface area contributed by atoms with Gasteiger partial charge in [-0.2, -0.15) is 5.10 Å². The first-order valence-corrected chi connectivity index (χ1v) is 10.7. The Morgan fingerprint density at radius 2 is 1.77 bits per heavy atom. The molecule has 6 nitrogen and oxygen atoms in total. The van der Waals surface area contributed by atoms with E-state index in [1.807, 2.05) is 18.3 Å². The molecule has 31 heavy (non-hydrogen) atoms. The lowest BCUT2D eigenvalue weighted by atomic mass is 10.0. The number of hydrogen-bond acceptors (Lipinski definition) is 4. The summed E-state index contributed by atoms with van der Waals surface area (Å²) in [5, 5.41) is 13.4. The smallest absolute Gasteiger partial charge is 0.138 e. The topological polar surface area (TPSA) is 78.6 Å². The van der Waals surface area contributed by atoms with Crippen LogP contribution in [-0.4, -0.2) is 39.4 Å². The van der Waals surface area contributed by atoms with Crippen molar-refractivity contribution < 1.29 is 4.74 Å². The molecule has 0 bridgehead atoms. The molecule has 154 valence electrons. The molecule has 3 N–H and O–H groups in total. The highest BCUT2D eigenvalue weighted by Crippen LogP contribution is 2.32. The van der Waals surface area contributed by atoms with Crippen LogP contribution >= 0.6 is 0 Å². The molecule has 1 aliphatic rings. The summed E-state index contributed by atoms with van der Waals surface area (Å²) in [6.07, 6.45) is 6.00. The number of benzene rings is 2. The van der Waals surface area contributed by atoms with Crippen molar-refractivity contribution in [2.24, 2.45) is 0 Å². The minimum Gasteiger partial charge on any atom is -0.489 e. The van der Waals surface area contributed by atoms with Crippen molar-refractivity contribution in [1.29, 1.82) is 0 Å². The first-order valence-electron chi connectivity index (χ1n) is 10.7. The highest BCUT2D eigenvalue weighted by Gasteiger charge is 2.16. The number of H-pyrrole nitrogens is 2. The molecule has 6 heteroatoms. The lowest BCUT2D eigenvalue weighted by Crippen LogP contribution is -2.34. The Morgan fingerprint density at radius 1 is 0.871 bits per heavy atom. The number of para-hydroxylation sites is 1. The Hall–Kier alpha value is -3.64. The van der Waals surface area contributed by atoms with E-state index in [0.717, 1.165) is 70.6 Å². The number of rotatable bonds is 4. The molecule has 0 aliphatic carbocycles. The lowest BCUT2D eigenvalue weighted by Gasteiger charge is -2.23. The number of ether oxygens (including phenoxy) is 1. The van der Waals surface area contributed by atoms with E-state index < -0.39 is 0 Å². The number of fused-ring (bicyclic) bond motifs is 2. The molecule has 4 heterocycles. The SMILES string of the molecule is c1ccc2[nH]c(-c3n[nH]c4ccc(-c5cncc(OC6CCNCC6)c5)cc34)cc2c1. The van der Waals surface area contributed by atoms with Gasteiger partial charge in [0.05, 0.1) is 17.4 Å². The minimum atomic E-state index is 0.253. The van der Waals surface area contributed by atoms with Crippen LogP contribution in [0.25, 0.3) is 44.3 Å². The highest BCUT2D eigenvalue weighted by molar-refractivity contribution is 5.97. The molecule has 0 atom stereocenters. The van der Waals surface area contributed by atoms with E-state index in [2.05, 4.69) is 67.9 Å². The van der Waals surface area contributed by atoms with Crippen molar-refractivity contribution in [3.05, 3.63) is 67.0 Å². The fourth-order valence-corrected chi connectivity index (χ4v) is 4.35. The van der Waals surface area contributed by atoms with Gasteiger partial charge in [0.2, 0.25) is 0 Å². The normalized spacial score (nSPS) is 15.0. The van der Waals surface area contributed by atoms with E-state index in [-0.39, 0.29) is 6.10 Å². The van der Waals surface area contributed by atoms with Gasteiger partial charge in [0.15, 0.2) is 0 Å². The number of pyridine rings is 1. The Balaban J connectivity index is 1.36. The van der Waals surface area contributed by atoms with Crippen LogP contribution < -0.4 is 10.1 Å². The Morgan fingerprint density at radius 3 is 2.68 bits per heavy atom. The third-order valence-electron chi connectivity index (χ3n) is 5.98. The molecule has 3 aromatic heterocycles. The maximum absolute atomic E-state index is 6.19. The van der Waals surface area contributed by atoms with Gasteiger partial charge in [0.25, 0.3) is 0 Å². The first kappa shape index (κ1) is 18.2. The average Bonchev–Trinajstić information content (AvgIpc) is 3.43.